The molecule has 1 aromatic carbocycles. The maximum Gasteiger partial charge on any atom is 0.230 e. The predicted molar refractivity (Wildman–Crippen MR) is 89.0 cm³/mol. The highest BCUT2D eigenvalue weighted by atomic mass is 16.5. The molecule has 0 saturated carbocycles. The lowest BCUT2D eigenvalue weighted by atomic mass is 9.99. The first-order valence-electron chi connectivity index (χ1n) is 8.05. The molecule has 1 heterocycles. The zero-order chi connectivity index (χ0) is 16.1. The third kappa shape index (κ3) is 3.59. The van der Waals surface area contributed by atoms with Gasteiger partial charge in [-0.2, -0.15) is 0 Å². The van der Waals surface area contributed by atoms with E-state index in [1.165, 1.54) is 11.1 Å². The zero-order valence-corrected chi connectivity index (χ0v) is 13.4. The Kier molecular flexibility index (Phi) is 5.03. The second-order valence-corrected chi connectivity index (χ2v) is 5.86. The molecule has 1 amide bonds. The summed E-state index contributed by atoms with van der Waals surface area (Å²) in [5.41, 5.74) is 3.39. The van der Waals surface area contributed by atoms with E-state index in [0.717, 1.165) is 18.5 Å². The molecule has 1 aromatic heterocycles. The summed E-state index contributed by atoms with van der Waals surface area (Å²) >= 11 is 0. The summed E-state index contributed by atoms with van der Waals surface area (Å²) in [7, 11) is 1.66. The highest BCUT2D eigenvalue weighted by Crippen LogP contribution is 2.34. The summed E-state index contributed by atoms with van der Waals surface area (Å²) in [6.07, 6.45) is 3.64. The zero-order valence-electron chi connectivity index (χ0n) is 13.4. The number of aryl methyl sites for hydroxylation is 1. The minimum absolute atomic E-state index is 0.0354. The normalized spacial score (nSPS) is 16.1. The van der Waals surface area contributed by atoms with Crippen molar-refractivity contribution in [3.05, 3.63) is 65.5 Å². The van der Waals surface area contributed by atoms with Gasteiger partial charge in [-0.25, -0.2) is 0 Å². The molecule has 1 aliphatic carbocycles. The Balaban J connectivity index is 1.78. The molecule has 0 spiro atoms. The summed E-state index contributed by atoms with van der Waals surface area (Å²) in [4.78, 5) is 19.3. The van der Waals surface area contributed by atoms with E-state index in [-0.39, 0.29) is 11.8 Å². The van der Waals surface area contributed by atoms with Crippen molar-refractivity contribution in [2.45, 2.75) is 25.3 Å². The van der Waals surface area contributed by atoms with Gasteiger partial charge in [0.15, 0.2) is 0 Å². The van der Waals surface area contributed by atoms with Gasteiger partial charge in [0.05, 0.1) is 24.8 Å². The van der Waals surface area contributed by atoms with Crippen LogP contribution in [0.2, 0.25) is 0 Å². The van der Waals surface area contributed by atoms with Gasteiger partial charge in [0.1, 0.15) is 0 Å². The fourth-order valence-electron chi connectivity index (χ4n) is 3.19. The topological polar surface area (TPSA) is 42.4 Å². The maximum absolute atomic E-state index is 13.1. The summed E-state index contributed by atoms with van der Waals surface area (Å²) in [5, 5.41) is 0. The highest BCUT2D eigenvalue weighted by Gasteiger charge is 2.31. The standard InChI is InChI=1S/C19H22N2O2/c1-23-13-12-21(14-16-7-4-5-11-20-16)19(22)18-10-9-15-6-2-3-8-17(15)18/h2-8,11,18H,9-10,12-14H2,1H3/t18-/m0/s1. The number of nitrogens with zero attached hydrogens (tertiary/aromatic N) is 2. The van der Waals surface area contributed by atoms with Crippen molar-refractivity contribution < 1.29 is 9.53 Å². The van der Waals surface area contributed by atoms with E-state index >= 15 is 0 Å². The highest BCUT2D eigenvalue weighted by molar-refractivity contribution is 5.85. The Morgan fingerprint density at radius 1 is 1.26 bits per heavy atom. The molecule has 4 heteroatoms. The average Bonchev–Trinajstić information content (AvgIpc) is 3.03. The molecule has 120 valence electrons. The number of aromatic nitrogens is 1. The van der Waals surface area contributed by atoms with E-state index in [1.54, 1.807) is 13.3 Å². The van der Waals surface area contributed by atoms with E-state index in [4.69, 9.17) is 4.74 Å². The number of hydrogen-bond acceptors (Lipinski definition) is 3. The van der Waals surface area contributed by atoms with Crippen molar-refractivity contribution in [2.75, 3.05) is 20.3 Å². The smallest absolute Gasteiger partial charge is 0.230 e. The van der Waals surface area contributed by atoms with E-state index < -0.39 is 0 Å². The van der Waals surface area contributed by atoms with Gasteiger partial charge in [0, 0.05) is 19.9 Å². The molecule has 1 aliphatic rings. The van der Waals surface area contributed by atoms with Gasteiger partial charge in [0.2, 0.25) is 5.91 Å². The monoisotopic (exact) mass is 310 g/mol. The van der Waals surface area contributed by atoms with Crippen LogP contribution in [0.5, 0.6) is 0 Å². The third-order valence-electron chi connectivity index (χ3n) is 4.39. The molecule has 0 aliphatic heterocycles. The van der Waals surface area contributed by atoms with Crippen molar-refractivity contribution in [2.24, 2.45) is 0 Å². The Bertz CT molecular complexity index is 657. The van der Waals surface area contributed by atoms with Crippen LogP contribution in [0.25, 0.3) is 0 Å². The molecule has 0 fully saturated rings. The number of methoxy groups -OCH3 is 1. The lowest BCUT2D eigenvalue weighted by Crippen LogP contribution is -2.36. The molecular weight excluding hydrogens is 288 g/mol. The van der Waals surface area contributed by atoms with Crippen molar-refractivity contribution in [1.82, 2.24) is 9.88 Å². The molecule has 0 bridgehead atoms. The number of pyridine rings is 1. The largest absolute Gasteiger partial charge is 0.383 e. The van der Waals surface area contributed by atoms with Crippen LogP contribution in [-0.2, 0) is 22.5 Å². The molecule has 0 unspecified atom stereocenters. The summed E-state index contributed by atoms with van der Waals surface area (Å²) < 4.78 is 5.18. The van der Waals surface area contributed by atoms with Crippen LogP contribution in [0.15, 0.2) is 48.7 Å². The third-order valence-corrected chi connectivity index (χ3v) is 4.39. The molecule has 0 radical (unpaired) electrons. The quantitative estimate of drug-likeness (QED) is 0.824. The van der Waals surface area contributed by atoms with Gasteiger partial charge in [0.25, 0.3) is 0 Å². The maximum atomic E-state index is 13.1. The van der Waals surface area contributed by atoms with Gasteiger partial charge < -0.3 is 9.64 Å². The molecule has 23 heavy (non-hydrogen) atoms. The Morgan fingerprint density at radius 2 is 2.09 bits per heavy atom. The number of ether oxygens (including phenoxy) is 1. The SMILES string of the molecule is COCCN(Cc1ccccn1)C(=O)[C@H]1CCc2ccccc21. The second kappa shape index (κ2) is 7.38. The molecule has 1 atom stereocenters. The van der Waals surface area contributed by atoms with Crippen LogP contribution in [0, 0.1) is 0 Å². The van der Waals surface area contributed by atoms with Gasteiger partial charge in [-0.3, -0.25) is 9.78 Å². The minimum Gasteiger partial charge on any atom is -0.383 e. The van der Waals surface area contributed by atoms with Crippen molar-refractivity contribution >= 4 is 5.91 Å². The minimum atomic E-state index is -0.0354. The number of hydrogen-bond donors (Lipinski definition) is 0. The summed E-state index contributed by atoms with van der Waals surface area (Å²) in [6, 6.07) is 14.1. The number of amides is 1. The second-order valence-electron chi connectivity index (χ2n) is 5.86. The van der Waals surface area contributed by atoms with Crippen molar-refractivity contribution in [1.29, 1.82) is 0 Å². The van der Waals surface area contributed by atoms with Crippen LogP contribution in [0.1, 0.15) is 29.2 Å². The molecule has 3 rings (SSSR count). The number of carbonyl (C=O) groups is 1. The molecule has 0 saturated heterocycles. The van der Waals surface area contributed by atoms with Gasteiger partial charge >= 0.3 is 0 Å². The lowest BCUT2D eigenvalue weighted by molar-refractivity contribution is -0.134. The molecule has 0 N–H and O–H groups in total. The van der Waals surface area contributed by atoms with Crippen LogP contribution in [-0.4, -0.2) is 36.1 Å². The Morgan fingerprint density at radius 3 is 2.87 bits per heavy atom. The lowest BCUT2D eigenvalue weighted by Gasteiger charge is -2.25. The number of carbonyl (C=O) groups excluding carboxylic acids is 1. The Hall–Kier alpha value is -2.20. The van der Waals surface area contributed by atoms with Crippen molar-refractivity contribution in [3.63, 3.8) is 0 Å². The molecule has 4 nitrogen and oxygen atoms in total. The van der Waals surface area contributed by atoms with Gasteiger partial charge in [-0.1, -0.05) is 30.3 Å². The van der Waals surface area contributed by atoms with E-state index in [0.29, 0.717) is 19.7 Å². The fraction of sp³-hybridized carbons (Fsp3) is 0.368. The molecular formula is C19H22N2O2. The van der Waals surface area contributed by atoms with Crippen LogP contribution in [0.3, 0.4) is 0 Å². The van der Waals surface area contributed by atoms with E-state index in [1.807, 2.05) is 35.2 Å². The van der Waals surface area contributed by atoms with Gasteiger partial charge in [-0.05, 0) is 36.1 Å². The number of rotatable bonds is 6. The van der Waals surface area contributed by atoms with Crippen LogP contribution >= 0.6 is 0 Å². The van der Waals surface area contributed by atoms with E-state index in [9.17, 15) is 4.79 Å². The first-order valence-corrected chi connectivity index (χ1v) is 8.05. The summed E-state index contributed by atoms with van der Waals surface area (Å²) in [6.45, 7) is 1.65. The summed E-state index contributed by atoms with van der Waals surface area (Å²) in [5.74, 6) is 0.143. The number of benzene rings is 1. The van der Waals surface area contributed by atoms with E-state index in [2.05, 4.69) is 17.1 Å². The fourth-order valence-corrected chi connectivity index (χ4v) is 3.19. The Labute approximate surface area is 137 Å². The van der Waals surface area contributed by atoms with Gasteiger partial charge in [-0.15, -0.1) is 0 Å². The van der Waals surface area contributed by atoms with Crippen LogP contribution < -0.4 is 0 Å². The van der Waals surface area contributed by atoms with Crippen molar-refractivity contribution in [3.8, 4) is 0 Å². The van der Waals surface area contributed by atoms with Crippen LogP contribution in [0.4, 0.5) is 0 Å². The average molecular weight is 310 g/mol. The number of fused-ring (bicyclic) bond motifs is 1. The first kappa shape index (κ1) is 15.7. The predicted octanol–water partition coefficient (Wildman–Crippen LogP) is 2.79. The first-order chi connectivity index (χ1) is 11.3. The molecule has 2 aromatic rings.